The Kier molecular flexibility index (Phi) is 18.9. The number of nitrogens with zero attached hydrogens (tertiary/aromatic N) is 3. The summed E-state index contributed by atoms with van der Waals surface area (Å²) in [5.41, 5.74) is -2.73. The third-order valence-corrected chi connectivity index (χ3v) is 18.9. The molecule has 1 aromatic heterocycles. The van der Waals surface area contributed by atoms with Crippen LogP contribution in [0.15, 0.2) is 80.5 Å². The van der Waals surface area contributed by atoms with Gasteiger partial charge in [0.2, 0.25) is 18.2 Å². The summed E-state index contributed by atoms with van der Waals surface area (Å²) in [7, 11) is -4.20. The third-order valence-electron chi connectivity index (χ3n) is 17.2. The molecule has 21 nitrogen and oxygen atoms in total. The van der Waals surface area contributed by atoms with Gasteiger partial charge < -0.3 is 63.7 Å². The normalized spacial score (nSPS) is 26.6. The first-order chi connectivity index (χ1) is 40.3. The summed E-state index contributed by atoms with van der Waals surface area (Å²) in [6, 6.07) is 7.05. The van der Waals surface area contributed by atoms with E-state index in [1.54, 1.807) is 72.8 Å². The Balaban J connectivity index is 1.23. The number of piperazine rings is 1. The van der Waals surface area contributed by atoms with Gasteiger partial charge in [0.1, 0.15) is 40.8 Å². The van der Waals surface area contributed by atoms with Gasteiger partial charge >= 0.3 is 17.7 Å². The highest BCUT2D eigenvalue weighted by Crippen LogP contribution is 2.45. The number of esters is 2. The number of amides is 1. The predicted molar refractivity (Wildman–Crippen MR) is 327 cm³/mol. The van der Waals surface area contributed by atoms with Crippen molar-refractivity contribution >= 4 is 86.9 Å². The molecule has 0 aliphatic carbocycles. The summed E-state index contributed by atoms with van der Waals surface area (Å²) in [6.07, 6.45) is 3.21. The van der Waals surface area contributed by atoms with Crippen LogP contribution in [0.3, 0.4) is 0 Å². The Labute approximate surface area is 498 Å². The van der Waals surface area contributed by atoms with Gasteiger partial charge in [-0.05, 0) is 55.9 Å². The SMILES string of the molecule is CC(=O)Oc1ccc(P(=O)(O)CC=O)cc1C(C)(C)CC(=O)O[C@H]1[C@H](C)[C@H](O)[C@H](C)[C@@H](O)[C@@H](C)/C=C/C=C(/C)C(=O)Nc2c(=O)c3c(O)c(C)c4c(c3c3nc5c(=O)cc(N6CCN(CC(C)C)CC6)cc5oc23)=C(O)[C@@](C)(O/C=C/[C@H](C)[C@H]1C)O4. The first kappa shape index (κ1) is 64.6. The molecule has 5 heterocycles. The number of fused-ring (bicyclic) bond motifs is 14. The lowest BCUT2D eigenvalue weighted by molar-refractivity contribution is -0.162. The maximum atomic E-state index is 15.1. The number of nitrogens with one attached hydrogen (secondary N) is 1. The number of phenols is 1. The van der Waals surface area contributed by atoms with Gasteiger partial charge in [0.15, 0.2) is 22.4 Å². The lowest BCUT2D eigenvalue weighted by Crippen LogP contribution is -2.47. The van der Waals surface area contributed by atoms with Crippen LogP contribution in [-0.4, -0.2) is 122 Å². The van der Waals surface area contributed by atoms with Gasteiger partial charge in [-0.25, -0.2) is 4.98 Å². The Morgan fingerprint density at radius 2 is 1.62 bits per heavy atom. The quantitative estimate of drug-likeness (QED) is 0.0188. The van der Waals surface area contributed by atoms with Crippen molar-refractivity contribution in [2.24, 2.45) is 35.5 Å². The molecule has 1 fully saturated rings. The molecule has 1 unspecified atom stereocenters. The van der Waals surface area contributed by atoms with E-state index < -0.39 is 119 Å². The number of aliphatic hydroxyl groups excluding tert-OH is 3. The summed E-state index contributed by atoms with van der Waals surface area (Å²) in [4.78, 5) is 102. The van der Waals surface area contributed by atoms with Crippen molar-refractivity contribution in [2.45, 2.75) is 126 Å². The number of benzene rings is 4. The molecule has 0 radical (unpaired) electrons. The summed E-state index contributed by atoms with van der Waals surface area (Å²) in [6.45, 7) is 25.5. The molecule has 4 aromatic carbocycles. The number of aromatic nitrogens is 1. The van der Waals surface area contributed by atoms with Crippen LogP contribution in [-0.2, 0) is 38.6 Å². The number of hydrogen-bond donors (Lipinski definition) is 6. The highest BCUT2D eigenvalue weighted by atomic mass is 31.2. The van der Waals surface area contributed by atoms with Gasteiger partial charge in [-0.1, -0.05) is 80.5 Å². The zero-order valence-corrected chi connectivity index (χ0v) is 51.8. The standard InChI is InChI=1S/C64H79N4O17P/c1-32(2)31-67-20-22-68(23-21-67)41-27-44(71)51-46(28-41)83-60-52(65-51)48-49-56(75)39(9)59-50(48)61(77)64(13,85-59)81-25-19-33(3)36(6)58(38(8)55(74)37(7)54(73)34(4)15-14-16-35(5)62(78)66-53(60)57(49)76)84-47(72)30-63(11,12)43-29-42(86(79,80)26-24-69)17-18-45(43)82-40(10)70/h14-19,24-25,27-29,32-34,36-38,54-55,58,73-75,77H,20-23,26,30-31H2,1-13H3,(H,66,78)(H,79,80)/b15-14+,25-19+,35-16-/t33-,34-,36+,37+,38+,54-,55+,58+,64-/m0/s1. The molecule has 4 aliphatic rings. The molecule has 0 spiro atoms. The maximum absolute atomic E-state index is 15.1. The molecule has 1 amide bonds. The summed E-state index contributed by atoms with van der Waals surface area (Å²) < 4.78 is 44.2. The monoisotopic (exact) mass is 1210 g/mol. The molecule has 5 aromatic rings. The van der Waals surface area contributed by atoms with Gasteiger partial charge in [-0.2, -0.15) is 0 Å². The van der Waals surface area contributed by atoms with Gasteiger partial charge in [-0.3, -0.25) is 33.4 Å². The highest BCUT2D eigenvalue weighted by Gasteiger charge is 2.45. The lowest BCUT2D eigenvalue weighted by Gasteiger charge is -2.38. The molecule has 86 heavy (non-hydrogen) atoms. The fourth-order valence-electron chi connectivity index (χ4n) is 11.8. The van der Waals surface area contributed by atoms with Crippen LogP contribution in [0.5, 0.6) is 17.2 Å². The first-order valence-corrected chi connectivity index (χ1v) is 30.8. The van der Waals surface area contributed by atoms with Crippen molar-refractivity contribution in [2.75, 3.05) is 49.1 Å². The number of carbonyl (C=O) groups excluding carboxylic acids is 4. The Morgan fingerprint density at radius 1 is 0.930 bits per heavy atom. The van der Waals surface area contributed by atoms with Crippen LogP contribution in [0.2, 0.25) is 0 Å². The fraction of sp³-hybridized carbons (Fsp3) is 0.484. The zero-order valence-electron chi connectivity index (χ0n) is 50.9. The van der Waals surface area contributed by atoms with E-state index in [1.807, 2.05) is 0 Å². The highest BCUT2D eigenvalue weighted by molar-refractivity contribution is 7.66. The van der Waals surface area contributed by atoms with Crippen LogP contribution >= 0.6 is 7.37 Å². The fourth-order valence-corrected chi connectivity index (χ4v) is 12.9. The second-order valence-corrected chi connectivity index (χ2v) is 26.9. The molecular formula is C64H79N4O17P. The maximum Gasteiger partial charge on any atom is 0.308 e. The van der Waals surface area contributed by atoms with Crippen molar-refractivity contribution in [3.05, 3.63) is 103 Å². The van der Waals surface area contributed by atoms with E-state index in [9.17, 15) is 53.9 Å². The number of aromatic hydroxyl groups is 1. The number of allylic oxidation sites excluding steroid dienone is 3. The molecule has 0 saturated carbocycles. The van der Waals surface area contributed by atoms with Crippen molar-refractivity contribution < 1.29 is 72.4 Å². The number of phenolic OH excluding ortho intramolecular Hbond substituents is 1. The van der Waals surface area contributed by atoms with Crippen LogP contribution in [0.1, 0.15) is 101 Å². The topological polar surface area (TPSA) is 302 Å². The molecular weight excluding hydrogens is 1130 g/mol. The van der Waals surface area contributed by atoms with Crippen molar-refractivity contribution in [1.82, 2.24) is 9.88 Å². The zero-order chi connectivity index (χ0) is 63.2. The van der Waals surface area contributed by atoms with E-state index in [0.717, 1.165) is 19.6 Å². The Bertz CT molecular complexity index is 3850. The van der Waals surface area contributed by atoms with Gasteiger partial charge in [0, 0.05) is 115 Å². The van der Waals surface area contributed by atoms with E-state index in [4.69, 9.17) is 28.3 Å². The van der Waals surface area contributed by atoms with E-state index >= 15 is 4.79 Å². The largest absolute Gasteiger partial charge is 0.507 e. The summed E-state index contributed by atoms with van der Waals surface area (Å²) in [5.74, 6) is -8.55. The number of rotatable bonds is 11. The molecule has 10 atom stereocenters. The minimum Gasteiger partial charge on any atom is -0.507 e. The smallest absolute Gasteiger partial charge is 0.308 e. The number of anilines is 2. The third kappa shape index (κ3) is 12.8. The van der Waals surface area contributed by atoms with E-state index in [2.05, 4.69) is 29.0 Å². The van der Waals surface area contributed by atoms with Gasteiger partial charge in [-0.15, -0.1) is 0 Å². The van der Waals surface area contributed by atoms with Gasteiger partial charge in [0.25, 0.3) is 5.91 Å². The number of aldehydes is 1. The Morgan fingerprint density at radius 3 is 2.27 bits per heavy atom. The molecule has 4 aliphatic heterocycles. The van der Waals surface area contributed by atoms with Crippen LogP contribution in [0, 0.1) is 42.4 Å². The summed E-state index contributed by atoms with van der Waals surface area (Å²) >= 11 is 0. The van der Waals surface area contributed by atoms with Crippen molar-refractivity contribution in [1.29, 1.82) is 0 Å². The van der Waals surface area contributed by atoms with Crippen molar-refractivity contribution in [3.63, 3.8) is 0 Å². The molecule has 5 bridgehead atoms. The number of carbonyl (C=O) groups is 4. The van der Waals surface area contributed by atoms with Crippen LogP contribution in [0.25, 0.3) is 38.7 Å². The molecule has 9 rings (SSSR count). The van der Waals surface area contributed by atoms with E-state index in [1.165, 1.54) is 64.3 Å². The number of hydrogen-bond acceptors (Lipinski definition) is 19. The first-order valence-electron chi connectivity index (χ1n) is 29.0. The second-order valence-electron chi connectivity index (χ2n) is 24.6. The van der Waals surface area contributed by atoms with Crippen LogP contribution in [0.4, 0.5) is 11.4 Å². The average molecular weight is 1210 g/mol. The number of ether oxygens (including phenoxy) is 4. The Hall–Kier alpha value is -7.42. The molecule has 462 valence electrons. The molecule has 1 saturated heterocycles. The average Bonchev–Trinajstić information content (AvgIpc) is 1.39. The minimum atomic E-state index is -4.20. The summed E-state index contributed by atoms with van der Waals surface area (Å²) in [5, 5.41) is 50.4. The lowest BCUT2D eigenvalue weighted by atomic mass is 9.76. The predicted octanol–water partition coefficient (Wildman–Crippen LogP) is 7.33. The second kappa shape index (κ2) is 25.1. The minimum absolute atomic E-state index is 0.00830. The molecule has 22 heteroatoms. The van der Waals surface area contributed by atoms with E-state index in [0.29, 0.717) is 31.0 Å². The molecule has 6 N–H and O–H groups in total. The van der Waals surface area contributed by atoms with Crippen molar-refractivity contribution in [3.8, 4) is 17.2 Å². The van der Waals surface area contributed by atoms with Gasteiger partial charge in [0.05, 0.1) is 41.7 Å². The van der Waals surface area contributed by atoms with Crippen LogP contribution < -0.4 is 41.1 Å². The van der Waals surface area contributed by atoms with E-state index in [-0.39, 0.29) is 78.1 Å². The number of aliphatic hydroxyl groups is 3.